The molecule has 6 aromatic rings. The molecule has 60 heavy (non-hydrogen) atoms. The SMILES string of the molecule is C=C1C=CC=[O+]1.C=C1C=CC=[O+]1.O.OCC1=[O+]C(Cc2ccco2)C=C1.OCc1ccc(Cc2ccco2)o1.OCc1ccco1.OCc1ccco1.[H+].[OH2+]Cc1ccco1. The molecule has 6 aromatic heterocycles. The Hall–Kier alpha value is -6.85. The second-order valence-corrected chi connectivity index (χ2v) is 11.6. The lowest BCUT2D eigenvalue weighted by Crippen LogP contribution is -2.08. The first-order chi connectivity index (χ1) is 28.8. The first-order valence-electron chi connectivity index (χ1n) is 18.0. The molecule has 9 heterocycles. The van der Waals surface area contributed by atoms with Crippen LogP contribution in [0.2, 0.25) is 0 Å². The molecule has 0 bridgehead atoms. The Kier molecular flexibility index (Phi) is 24.9. The van der Waals surface area contributed by atoms with Crippen LogP contribution in [-0.2, 0) is 52.5 Å². The van der Waals surface area contributed by atoms with Gasteiger partial charge in [0.2, 0.25) is 6.61 Å². The van der Waals surface area contributed by atoms with Crippen molar-refractivity contribution in [2.24, 2.45) is 0 Å². The topological polar surface area (TPSA) is 248 Å². The molecule has 0 aromatic carbocycles. The van der Waals surface area contributed by atoms with Gasteiger partial charge in [-0.05, 0) is 72.8 Å². The quantitative estimate of drug-likeness (QED) is 0.101. The fraction of sp³-hybridized carbons (Fsp3) is 0.178. The summed E-state index contributed by atoms with van der Waals surface area (Å²) in [4.78, 5) is 0. The number of rotatable bonds is 9. The molecule has 0 fully saturated rings. The molecule has 15 nitrogen and oxygen atoms in total. The number of hydrogen-bond acceptors (Lipinski definition) is 10. The van der Waals surface area contributed by atoms with E-state index in [2.05, 4.69) is 13.2 Å². The summed E-state index contributed by atoms with van der Waals surface area (Å²) in [6, 6.07) is 21.6. The van der Waals surface area contributed by atoms with Crippen molar-refractivity contribution in [2.75, 3.05) is 6.61 Å². The molecule has 1 unspecified atom stereocenters. The summed E-state index contributed by atoms with van der Waals surface area (Å²) in [5, 5.41) is 41.0. The average molecular weight is 834 g/mol. The summed E-state index contributed by atoms with van der Waals surface area (Å²) in [6.07, 6.45) is 23.4. The monoisotopic (exact) mass is 833 g/mol. The standard InChI is InChI=1S/C10H11O3.C10H10O3.3C5H6O2.2C5H5O.H2O/c2*11-7-10-4-3-9(13-10)6-8-2-1-5-12-8;3*6-4-5-2-1-3-7-5;2*1-5-3-2-4-6-5;/h1-5,9,11H,6-7H2;1-5,11H,6-7H2;3*1-3,6H,4H2;2*2-4H,1H2;1H2/q+1;;;;;2*+1;/p+2. The zero-order valence-corrected chi connectivity index (χ0v) is 32.8. The van der Waals surface area contributed by atoms with Crippen LogP contribution < -0.4 is 0 Å². The van der Waals surface area contributed by atoms with Crippen molar-refractivity contribution >= 4 is 18.4 Å². The Labute approximate surface area is 347 Å². The molecule has 3 aliphatic heterocycles. The molecule has 8 N–H and O–H groups in total. The van der Waals surface area contributed by atoms with Crippen LogP contribution in [0.1, 0.15) is 41.7 Å². The van der Waals surface area contributed by atoms with Crippen LogP contribution in [0.25, 0.3) is 0 Å². The molecule has 0 spiro atoms. The maximum absolute atomic E-state index is 8.77. The van der Waals surface area contributed by atoms with Gasteiger partial charge in [0.05, 0.1) is 49.9 Å². The van der Waals surface area contributed by atoms with Crippen LogP contribution in [0.3, 0.4) is 0 Å². The van der Waals surface area contributed by atoms with Gasteiger partial charge >= 0.3 is 31.3 Å². The Balaban J connectivity index is 0.000000363. The van der Waals surface area contributed by atoms with Crippen molar-refractivity contribution in [3.8, 4) is 0 Å². The fourth-order valence-corrected chi connectivity index (χ4v) is 4.34. The summed E-state index contributed by atoms with van der Waals surface area (Å²) < 4.78 is 44.7. The second kappa shape index (κ2) is 30.3. The smallest absolute Gasteiger partial charge is 0.469 e. The summed E-state index contributed by atoms with van der Waals surface area (Å²) >= 11 is 0. The Bertz CT molecular complexity index is 1990. The van der Waals surface area contributed by atoms with Crippen molar-refractivity contribution in [1.29, 1.82) is 0 Å². The van der Waals surface area contributed by atoms with Gasteiger partial charge in [0.1, 0.15) is 60.8 Å². The number of aldehydes is 2. The van der Waals surface area contributed by atoms with Crippen molar-refractivity contribution in [1.82, 2.24) is 0 Å². The molecule has 3 aliphatic rings. The van der Waals surface area contributed by atoms with E-state index in [0.29, 0.717) is 35.9 Å². The summed E-state index contributed by atoms with van der Waals surface area (Å²) in [6.45, 7) is 7.16. The number of aliphatic hydroxyl groups is 4. The highest BCUT2D eigenvalue weighted by atomic mass is 16.4. The van der Waals surface area contributed by atoms with Gasteiger partial charge in [-0.1, -0.05) is 0 Å². The third-order valence-electron chi connectivity index (χ3n) is 7.13. The van der Waals surface area contributed by atoms with E-state index < -0.39 is 0 Å². The predicted molar refractivity (Wildman–Crippen MR) is 222 cm³/mol. The minimum absolute atomic E-state index is 0. The van der Waals surface area contributed by atoms with Crippen LogP contribution in [0.15, 0.2) is 192 Å². The minimum atomic E-state index is -0.0574. The molecule has 1 atom stereocenters. The summed E-state index contributed by atoms with van der Waals surface area (Å²) in [7, 11) is 0. The molecule has 9 rings (SSSR count). The van der Waals surface area contributed by atoms with Crippen LogP contribution >= 0.6 is 0 Å². The van der Waals surface area contributed by atoms with Gasteiger partial charge in [-0.15, -0.1) is 0 Å². The lowest BCUT2D eigenvalue weighted by Gasteiger charge is -1.91. The van der Waals surface area contributed by atoms with Gasteiger partial charge in [-0.3, -0.25) is 0 Å². The van der Waals surface area contributed by atoms with Gasteiger partial charge in [0, 0.05) is 37.5 Å². The number of carbonyl (C=O) groups excluding carboxylic acids is 3. The van der Waals surface area contributed by atoms with E-state index in [1.54, 1.807) is 92.1 Å². The highest BCUT2D eigenvalue weighted by molar-refractivity contribution is 5.92. The third-order valence-corrected chi connectivity index (χ3v) is 7.13. The number of aliphatic hydroxyl groups excluding tert-OH is 4. The summed E-state index contributed by atoms with van der Waals surface area (Å²) in [5.41, 5.74) is 0. The Morgan fingerprint density at radius 2 is 1.00 bits per heavy atom. The van der Waals surface area contributed by atoms with E-state index in [1.165, 1.54) is 12.5 Å². The highest BCUT2D eigenvalue weighted by Crippen LogP contribution is 2.13. The molecule has 0 amide bonds. The minimum Gasteiger partial charge on any atom is -0.469 e. The van der Waals surface area contributed by atoms with E-state index in [1.807, 2.05) is 48.6 Å². The van der Waals surface area contributed by atoms with E-state index in [4.69, 9.17) is 65.3 Å². The molecular formula is C45H53O15+5. The number of ketones is 1. The van der Waals surface area contributed by atoms with Gasteiger partial charge in [0.15, 0.2) is 12.4 Å². The zero-order chi connectivity index (χ0) is 42.3. The second-order valence-electron chi connectivity index (χ2n) is 11.6. The largest absolute Gasteiger partial charge is 1.00 e. The molecule has 0 aliphatic carbocycles. The number of hydrogen-bond donors (Lipinski definition) is 4. The van der Waals surface area contributed by atoms with Crippen LogP contribution in [-0.4, -0.2) is 62.1 Å². The van der Waals surface area contributed by atoms with E-state index >= 15 is 0 Å². The first-order valence-corrected chi connectivity index (χ1v) is 18.0. The molecule has 318 valence electrons. The highest BCUT2D eigenvalue weighted by Gasteiger charge is 2.24. The van der Waals surface area contributed by atoms with Crippen molar-refractivity contribution in [3.63, 3.8) is 0 Å². The molecule has 0 saturated heterocycles. The van der Waals surface area contributed by atoms with Crippen molar-refractivity contribution in [2.45, 2.75) is 45.4 Å². The molecular weight excluding hydrogens is 780 g/mol. The van der Waals surface area contributed by atoms with E-state index in [9.17, 15) is 0 Å². The first kappa shape index (κ1) is 49.3. The van der Waals surface area contributed by atoms with Crippen molar-refractivity contribution in [3.05, 3.63) is 206 Å². The zero-order valence-electron chi connectivity index (χ0n) is 33.8. The van der Waals surface area contributed by atoms with E-state index in [0.717, 1.165) is 34.6 Å². The molecule has 0 radical (unpaired) electrons. The van der Waals surface area contributed by atoms with Crippen LogP contribution in [0, 0.1) is 0 Å². The van der Waals surface area contributed by atoms with Crippen LogP contribution in [0.4, 0.5) is 0 Å². The predicted octanol–water partition coefficient (Wildman–Crippen LogP) is 5.76. The van der Waals surface area contributed by atoms with Gasteiger partial charge in [-0.25, -0.2) is 13.3 Å². The Morgan fingerprint density at radius 1 is 0.550 bits per heavy atom. The normalized spacial score (nSPS) is 13.4. The fourth-order valence-electron chi connectivity index (χ4n) is 4.34. The maximum atomic E-state index is 8.77. The van der Waals surface area contributed by atoms with Crippen molar-refractivity contribution < 1.29 is 72.2 Å². The van der Waals surface area contributed by atoms with Gasteiger partial charge in [0.25, 0.3) is 6.10 Å². The lowest BCUT2D eigenvalue weighted by atomic mass is 10.2. The van der Waals surface area contributed by atoms with E-state index in [-0.39, 0.29) is 46.0 Å². The Morgan fingerprint density at radius 3 is 1.30 bits per heavy atom. The van der Waals surface area contributed by atoms with Gasteiger partial charge in [-0.2, -0.15) is 0 Å². The maximum Gasteiger partial charge on any atom is 1.00 e. The van der Waals surface area contributed by atoms with Crippen LogP contribution in [0.5, 0.6) is 0 Å². The lowest BCUT2D eigenvalue weighted by molar-refractivity contribution is -0.485. The molecule has 0 saturated carbocycles. The number of allylic oxidation sites excluding steroid dienone is 4. The summed E-state index contributed by atoms with van der Waals surface area (Å²) in [5.74, 6) is 7.15. The molecule has 15 heteroatoms. The third kappa shape index (κ3) is 21.1. The number of furan rings is 6. The van der Waals surface area contributed by atoms with Gasteiger partial charge < -0.3 is 57.5 Å². The average Bonchev–Trinajstić information content (AvgIpc) is 4.09.